The molecule has 0 aliphatic carbocycles. The summed E-state index contributed by atoms with van der Waals surface area (Å²) in [5, 5.41) is 8.32. The van der Waals surface area contributed by atoms with Crippen molar-refractivity contribution in [3.05, 3.63) is 26.4 Å². The molecule has 0 radical (unpaired) electrons. The quantitative estimate of drug-likeness (QED) is 0.636. The fraction of sp³-hybridized carbons (Fsp3) is 0.588. The van der Waals surface area contributed by atoms with E-state index >= 15 is 0 Å². The van der Waals surface area contributed by atoms with E-state index in [2.05, 4.69) is 4.99 Å². The molecule has 0 amide bonds. The van der Waals surface area contributed by atoms with Gasteiger partial charge in [-0.2, -0.15) is 26.3 Å². The monoisotopic (exact) mass is 470 g/mol. The minimum absolute atomic E-state index is 0.0548. The highest BCUT2D eigenvalue weighted by Gasteiger charge is 2.32. The van der Waals surface area contributed by atoms with Crippen LogP contribution in [0.3, 0.4) is 0 Å². The molecule has 1 aliphatic rings. The van der Waals surface area contributed by atoms with Gasteiger partial charge in [-0.1, -0.05) is 6.92 Å². The Balaban J connectivity index is 2.24. The largest absolute Gasteiger partial charge is 0.406 e. The van der Waals surface area contributed by atoms with E-state index in [9.17, 15) is 31.1 Å². The van der Waals surface area contributed by atoms with E-state index in [1.807, 2.05) is 0 Å². The Morgan fingerprint density at radius 1 is 1.16 bits per heavy atom. The van der Waals surface area contributed by atoms with Crippen LogP contribution < -0.4 is 16.9 Å². The van der Waals surface area contributed by atoms with Crippen LogP contribution >= 0.6 is 11.3 Å². The minimum atomic E-state index is -4.82. The van der Waals surface area contributed by atoms with Crippen LogP contribution in [0.2, 0.25) is 0 Å². The Kier molecular flexibility index (Phi) is 6.13. The predicted octanol–water partition coefficient (Wildman–Crippen LogP) is 2.55. The predicted molar refractivity (Wildman–Crippen MR) is 103 cm³/mol. The minimum Gasteiger partial charge on any atom is -0.370 e. The number of halogens is 6. The normalized spacial score (nSPS) is 15.2. The van der Waals surface area contributed by atoms with E-state index in [1.54, 1.807) is 11.8 Å². The van der Waals surface area contributed by atoms with Crippen molar-refractivity contribution in [1.82, 2.24) is 14.0 Å². The van der Waals surface area contributed by atoms with Gasteiger partial charge in [0.1, 0.15) is 16.9 Å². The number of nitrogens with zero attached hydrogens (tertiary/aromatic N) is 4. The van der Waals surface area contributed by atoms with Crippen molar-refractivity contribution in [2.75, 3.05) is 13.1 Å². The summed E-state index contributed by atoms with van der Waals surface area (Å²) in [6.07, 6.45) is -10.5. The number of thiophene rings is 1. The van der Waals surface area contributed by atoms with Crippen LogP contribution in [0.15, 0.2) is 9.79 Å². The maximum absolute atomic E-state index is 13.0. The fourth-order valence-electron chi connectivity index (χ4n) is 3.49. The molecule has 31 heavy (non-hydrogen) atoms. The molecule has 0 bridgehead atoms. The first-order valence-corrected chi connectivity index (χ1v) is 10.1. The topological polar surface area (TPSA) is 92.4 Å². The Morgan fingerprint density at radius 3 is 2.35 bits per heavy atom. The van der Waals surface area contributed by atoms with E-state index in [4.69, 9.17) is 11.1 Å². The maximum Gasteiger partial charge on any atom is 0.406 e. The smallest absolute Gasteiger partial charge is 0.370 e. The molecule has 2 aromatic heterocycles. The van der Waals surface area contributed by atoms with Gasteiger partial charge in [-0.05, 0) is 12.0 Å². The summed E-state index contributed by atoms with van der Waals surface area (Å²) in [5.41, 5.74) is 4.38. The first kappa shape index (κ1) is 23.2. The first-order chi connectivity index (χ1) is 14.3. The summed E-state index contributed by atoms with van der Waals surface area (Å²) < 4.78 is 78.5. The fourth-order valence-corrected chi connectivity index (χ4v) is 4.92. The zero-order chi connectivity index (χ0) is 23.1. The van der Waals surface area contributed by atoms with Crippen molar-refractivity contribution >= 4 is 27.5 Å². The summed E-state index contributed by atoms with van der Waals surface area (Å²) in [6, 6.07) is 0. The molecule has 0 saturated heterocycles. The molecule has 2 aromatic rings. The second-order valence-electron chi connectivity index (χ2n) is 7.05. The third-order valence-electron chi connectivity index (χ3n) is 4.90. The van der Waals surface area contributed by atoms with E-state index in [0.29, 0.717) is 34.5 Å². The van der Waals surface area contributed by atoms with Gasteiger partial charge in [-0.15, -0.1) is 11.3 Å². The van der Waals surface area contributed by atoms with Crippen LogP contribution in [0.25, 0.3) is 10.2 Å². The van der Waals surface area contributed by atoms with Gasteiger partial charge in [0.25, 0.3) is 0 Å². The summed E-state index contributed by atoms with van der Waals surface area (Å²) in [6.45, 7) is 0.366. The van der Waals surface area contributed by atoms with Gasteiger partial charge in [-0.3, -0.25) is 19.5 Å². The van der Waals surface area contributed by atoms with Crippen LogP contribution in [0.4, 0.5) is 26.3 Å². The van der Waals surface area contributed by atoms with E-state index in [0.717, 1.165) is 11.3 Å². The van der Waals surface area contributed by atoms with Gasteiger partial charge < -0.3 is 10.6 Å². The molecule has 0 spiro atoms. The average molecular weight is 470 g/mol. The van der Waals surface area contributed by atoms with Crippen molar-refractivity contribution in [2.24, 2.45) is 10.7 Å². The van der Waals surface area contributed by atoms with Crippen LogP contribution in [0.5, 0.6) is 0 Å². The van der Waals surface area contributed by atoms with E-state index in [1.165, 1.54) is 0 Å². The molecule has 172 valence electrons. The molecule has 0 atom stereocenters. The Morgan fingerprint density at radius 2 is 1.84 bits per heavy atom. The lowest BCUT2D eigenvalue weighted by Crippen LogP contribution is -2.43. The molecule has 0 unspecified atom stereocenters. The number of nitrogens with one attached hydrogen (secondary N) is 1. The van der Waals surface area contributed by atoms with Gasteiger partial charge in [0.2, 0.25) is 0 Å². The standard InChI is InChI=1S/C17H20F6N6OS/c1-2-9-10(7-27-6-4-26-14(27)25)31-13-11(9)12(24)29(8-17(21,22)23)15(30)28(13)5-3-16(18,19)20/h24H,2-8H2,1H3,(H2,25,26). The van der Waals surface area contributed by atoms with Crippen molar-refractivity contribution in [1.29, 1.82) is 5.41 Å². The number of hydrogen-bond donors (Lipinski definition) is 2. The van der Waals surface area contributed by atoms with Gasteiger partial charge in [-0.25, -0.2) is 4.79 Å². The molecule has 3 rings (SSSR count). The van der Waals surface area contributed by atoms with Gasteiger partial charge in [0.15, 0.2) is 5.96 Å². The van der Waals surface area contributed by atoms with Crippen LogP contribution in [-0.2, 0) is 26.1 Å². The number of fused-ring (bicyclic) bond motifs is 1. The first-order valence-electron chi connectivity index (χ1n) is 9.33. The van der Waals surface area contributed by atoms with Gasteiger partial charge >= 0.3 is 18.0 Å². The van der Waals surface area contributed by atoms with Gasteiger partial charge in [0.05, 0.1) is 24.9 Å². The highest BCUT2D eigenvalue weighted by Crippen LogP contribution is 2.31. The molecule has 0 fully saturated rings. The molecule has 3 heterocycles. The molecule has 0 saturated carbocycles. The lowest BCUT2D eigenvalue weighted by molar-refractivity contribution is -0.143. The van der Waals surface area contributed by atoms with Crippen LogP contribution in [0, 0.1) is 5.41 Å². The third kappa shape index (κ3) is 4.88. The zero-order valence-corrected chi connectivity index (χ0v) is 17.2. The number of guanidine groups is 1. The lowest BCUT2D eigenvalue weighted by Gasteiger charge is -2.17. The summed E-state index contributed by atoms with van der Waals surface area (Å²) in [5.74, 6) is 0.284. The van der Waals surface area contributed by atoms with E-state index in [-0.39, 0.29) is 27.3 Å². The highest BCUT2D eigenvalue weighted by molar-refractivity contribution is 7.18. The molecular formula is C17H20F6N6OS. The highest BCUT2D eigenvalue weighted by atomic mass is 32.1. The van der Waals surface area contributed by atoms with Crippen LogP contribution in [0.1, 0.15) is 23.8 Å². The number of aryl methyl sites for hydroxylation is 2. The third-order valence-corrected chi connectivity index (χ3v) is 6.14. The maximum atomic E-state index is 13.0. The molecule has 1 aliphatic heterocycles. The van der Waals surface area contributed by atoms with Crippen molar-refractivity contribution in [3.8, 4) is 0 Å². The van der Waals surface area contributed by atoms with Crippen LogP contribution in [-0.4, -0.2) is 45.4 Å². The summed E-state index contributed by atoms with van der Waals surface area (Å²) in [7, 11) is 0. The number of alkyl halides is 6. The molecule has 0 aromatic carbocycles. The Hall–Kier alpha value is -2.51. The van der Waals surface area contributed by atoms with Gasteiger partial charge in [0, 0.05) is 18.0 Å². The molecule has 7 nitrogen and oxygen atoms in total. The number of aliphatic imine (C=N–C) groups is 1. The van der Waals surface area contributed by atoms with Crippen molar-refractivity contribution in [3.63, 3.8) is 0 Å². The second-order valence-corrected chi connectivity index (χ2v) is 8.13. The Bertz CT molecular complexity index is 1130. The zero-order valence-electron chi connectivity index (χ0n) is 16.4. The van der Waals surface area contributed by atoms with E-state index < -0.39 is 43.0 Å². The number of hydrogen-bond acceptors (Lipinski definition) is 6. The molecule has 14 heteroatoms. The van der Waals surface area contributed by atoms with Crippen molar-refractivity contribution < 1.29 is 26.3 Å². The van der Waals surface area contributed by atoms with Crippen molar-refractivity contribution in [2.45, 2.75) is 51.8 Å². The molecule has 3 N–H and O–H groups in total. The average Bonchev–Trinajstić information content (AvgIpc) is 3.20. The SMILES string of the molecule is CCc1c(CN2CCN=C2N)sc2c1c(=N)n(CC(F)(F)F)c(=O)n2CCC(F)(F)F. The number of nitrogens with two attached hydrogens (primary N) is 1. The Labute approximate surface area is 175 Å². The lowest BCUT2D eigenvalue weighted by atomic mass is 10.1. The second kappa shape index (κ2) is 8.20. The number of aromatic nitrogens is 2. The molecular weight excluding hydrogens is 450 g/mol. The summed E-state index contributed by atoms with van der Waals surface area (Å²) in [4.78, 5) is 19.2. The number of rotatable bonds is 6. The summed E-state index contributed by atoms with van der Waals surface area (Å²) >= 11 is 0.998.